The second-order valence-electron chi connectivity index (χ2n) is 6.63. The number of carbonyl (C=O) groups excluding carboxylic acids is 3. The van der Waals surface area contributed by atoms with E-state index in [0.717, 1.165) is 12.8 Å². The van der Waals surface area contributed by atoms with E-state index in [1.165, 1.54) is 10.5 Å². The minimum absolute atomic E-state index is 0.0361. The quantitative estimate of drug-likeness (QED) is 0.533. The molecule has 0 aliphatic heterocycles. The van der Waals surface area contributed by atoms with Crippen molar-refractivity contribution in [3.8, 4) is 0 Å². The van der Waals surface area contributed by atoms with Gasteiger partial charge in [-0.3, -0.25) is 14.4 Å². The van der Waals surface area contributed by atoms with E-state index in [2.05, 4.69) is 5.32 Å². The van der Waals surface area contributed by atoms with E-state index < -0.39 is 0 Å². The second kappa shape index (κ2) is 10.9. The highest BCUT2D eigenvalue weighted by molar-refractivity contribution is 5.96. The summed E-state index contributed by atoms with van der Waals surface area (Å²) in [4.78, 5) is 37.0. The predicted molar refractivity (Wildman–Crippen MR) is 108 cm³/mol. The van der Waals surface area contributed by atoms with E-state index in [9.17, 15) is 14.4 Å². The number of rotatable bonds is 9. The Balaban J connectivity index is 1.64. The molecular formula is C22H26N2O4. The van der Waals surface area contributed by atoms with Gasteiger partial charge in [0.15, 0.2) is 0 Å². The molecule has 1 N–H and O–H groups in total. The van der Waals surface area contributed by atoms with Gasteiger partial charge in [-0.1, -0.05) is 30.3 Å². The molecule has 0 unspecified atom stereocenters. The molecule has 2 aromatic carbocycles. The van der Waals surface area contributed by atoms with Gasteiger partial charge in [-0.2, -0.15) is 0 Å². The van der Waals surface area contributed by atoms with Gasteiger partial charge < -0.3 is 15.0 Å². The minimum atomic E-state index is -0.380. The van der Waals surface area contributed by atoms with E-state index in [1.54, 1.807) is 38.4 Å². The predicted octanol–water partition coefficient (Wildman–Crippen LogP) is 3.28. The van der Waals surface area contributed by atoms with Crippen LogP contribution in [0.2, 0.25) is 0 Å². The van der Waals surface area contributed by atoms with E-state index >= 15 is 0 Å². The van der Waals surface area contributed by atoms with Crippen molar-refractivity contribution >= 4 is 23.5 Å². The number of nitrogens with one attached hydrogen (secondary N) is 1. The minimum Gasteiger partial charge on any atom is -0.466 e. The number of nitrogens with zero attached hydrogens (tertiary/aromatic N) is 1. The molecule has 0 bridgehead atoms. The average molecular weight is 382 g/mol. The number of benzene rings is 2. The highest BCUT2D eigenvalue weighted by atomic mass is 16.5. The fraction of sp³-hybridized carbons (Fsp3) is 0.318. The van der Waals surface area contributed by atoms with E-state index in [0.29, 0.717) is 17.9 Å². The standard InChI is InChI=1S/C22H26N2O4/c1-24(2)22(27)18-10-12-19(13-11-18)23-20(25)14-15-21(26)28-16-6-9-17-7-4-3-5-8-17/h3-5,7-8,10-13H,6,9,14-16H2,1-2H3,(H,23,25). The molecule has 0 aromatic heterocycles. The summed E-state index contributed by atoms with van der Waals surface area (Å²) in [5, 5.41) is 2.71. The first-order valence-electron chi connectivity index (χ1n) is 9.27. The first-order chi connectivity index (χ1) is 13.5. The van der Waals surface area contributed by atoms with Crippen LogP contribution in [-0.4, -0.2) is 43.4 Å². The van der Waals surface area contributed by atoms with Gasteiger partial charge in [0.1, 0.15) is 0 Å². The van der Waals surface area contributed by atoms with E-state index in [-0.39, 0.29) is 30.6 Å². The molecule has 0 fully saturated rings. The third-order valence-electron chi connectivity index (χ3n) is 4.09. The lowest BCUT2D eigenvalue weighted by molar-refractivity contribution is -0.144. The Labute approximate surface area is 165 Å². The molecular weight excluding hydrogens is 356 g/mol. The topological polar surface area (TPSA) is 75.7 Å². The number of hydrogen-bond acceptors (Lipinski definition) is 4. The molecule has 28 heavy (non-hydrogen) atoms. The zero-order valence-corrected chi connectivity index (χ0v) is 16.3. The number of amides is 2. The van der Waals surface area contributed by atoms with Crippen molar-refractivity contribution in [2.24, 2.45) is 0 Å². The van der Waals surface area contributed by atoms with Gasteiger partial charge >= 0.3 is 5.97 Å². The summed E-state index contributed by atoms with van der Waals surface area (Å²) < 4.78 is 5.17. The summed E-state index contributed by atoms with van der Waals surface area (Å²) in [6.07, 6.45) is 1.69. The van der Waals surface area contributed by atoms with Crippen molar-refractivity contribution in [1.82, 2.24) is 4.90 Å². The molecule has 2 rings (SSSR count). The van der Waals surface area contributed by atoms with Crippen LogP contribution < -0.4 is 5.32 Å². The molecule has 6 nitrogen and oxygen atoms in total. The summed E-state index contributed by atoms with van der Waals surface area (Å²) in [5.74, 6) is -0.754. The highest BCUT2D eigenvalue weighted by Gasteiger charge is 2.10. The number of hydrogen-bond donors (Lipinski definition) is 1. The van der Waals surface area contributed by atoms with Crippen molar-refractivity contribution in [3.05, 3.63) is 65.7 Å². The van der Waals surface area contributed by atoms with Crippen LogP contribution in [0.15, 0.2) is 54.6 Å². The average Bonchev–Trinajstić information content (AvgIpc) is 2.70. The Morgan fingerprint density at radius 2 is 1.61 bits per heavy atom. The van der Waals surface area contributed by atoms with Gasteiger partial charge in [0.2, 0.25) is 5.91 Å². The first-order valence-corrected chi connectivity index (χ1v) is 9.27. The summed E-state index contributed by atoms with van der Waals surface area (Å²) in [6.45, 7) is 0.344. The molecule has 0 aliphatic carbocycles. The Hall–Kier alpha value is -3.15. The molecule has 0 spiro atoms. The number of ether oxygens (including phenoxy) is 1. The zero-order valence-electron chi connectivity index (χ0n) is 16.3. The van der Waals surface area contributed by atoms with Gasteiger partial charge in [-0.25, -0.2) is 0 Å². The van der Waals surface area contributed by atoms with E-state index in [1.807, 2.05) is 30.3 Å². The van der Waals surface area contributed by atoms with Crippen LogP contribution in [0.1, 0.15) is 35.2 Å². The Morgan fingerprint density at radius 3 is 2.25 bits per heavy atom. The lowest BCUT2D eigenvalue weighted by Crippen LogP contribution is -2.21. The van der Waals surface area contributed by atoms with Gasteiger partial charge in [-0.15, -0.1) is 0 Å². The number of carbonyl (C=O) groups is 3. The van der Waals surface area contributed by atoms with Crippen LogP contribution in [0.4, 0.5) is 5.69 Å². The van der Waals surface area contributed by atoms with E-state index in [4.69, 9.17) is 4.74 Å². The molecule has 0 radical (unpaired) electrons. The molecule has 2 aromatic rings. The summed E-state index contributed by atoms with van der Waals surface area (Å²) in [6, 6.07) is 16.6. The maximum atomic E-state index is 12.0. The third kappa shape index (κ3) is 7.23. The van der Waals surface area contributed by atoms with Crippen molar-refractivity contribution in [2.45, 2.75) is 25.7 Å². The number of anilines is 1. The van der Waals surface area contributed by atoms with Crippen molar-refractivity contribution in [1.29, 1.82) is 0 Å². The summed E-state index contributed by atoms with van der Waals surface area (Å²) >= 11 is 0. The van der Waals surface area contributed by atoms with Gasteiger partial charge in [0.05, 0.1) is 13.0 Å². The molecule has 0 saturated heterocycles. The number of aryl methyl sites for hydroxylation is 1. The summed E-state index contributed by atoms with van der Waals surface area (Å²) in [5.41, 5.74) is 2.33. The molecule has 0 saturated carbocycles. The van der Waals surface area contributed by atoms with Crippen molar-refractivity contribution < 1.29 is 19.1 Å². The fourth-order valence-corrected chi connectivity index (χ4v) is 2.57. The maximum Gasteiger partial charge on any atom is 0.306 e. The van der Waals surface area contributed by atoms with Crippen LogP contribution in [0.5, 0.6) is 0 Å². The zero-order chi connectivity index (χ0) is 20.4. The monoisotopic (exact) mass is 382 g/mol. The molecule has 0 heterocycles. The Bertz CT molecular complexity index is 786. The maximum absolute atomic E-state index is 12.0. The van der Waals surface area contributed by atoms with Crippen LogP contribution in [-0.2, 0) is 20.7 Å². The Morgan fingerprint density at radius 1 is 0.929 bits per heavy atom. The number of esters is 1. The largest absolute Gasteiger partial charge is 0.466 e. The van der Waals surface area contributed by atoms with Gasteiger partial charge in [-0.05, 0) is 42.7 Å². The van der Waals surface area contributed by atoms with Crippen LogP contribution >= 0.6 is 0 Å². The molecule has 0 aliphatic rings. The second-order valence-corrected chi connectivity index (χ2v) is 6.63. The third-order valence-corrected chi connectivity index (χ3v) is 4.09. The first kappa shape index (κ1) is 21.2. The lowest BCUT2D eigenvalue weighted by Gasteiger charge is -2.11. The van der Waals surface area contributed by atoms with Crippen LogP contribution in [0, 0.1) is 0 Å². The molecule has 0 atom stereocenters. The van der Waals surface area contributed by atoms with Crippen LogP contribution in [0.25, 0.3) is 0 Å². The van der Waals surface area contributed by atoms with Gasteiger partial charge in [0.25, 0.3) is 5.91 Å². The molecule has 6 heteroatoms. The summed E-state index contributed by atoms with van der Waals surface area (Å²) in [7, 11) is 3.36. The fourth-order valence-electron chi connectivity index (χ4n) is 2.57. The van der Waals surface area contributed by atoms with Crippen molar-refractivity contribution in [3.63, 3.8) is 0 Å². The smallest absolute Gasteiger partial charge is 0.306 e. The lowest BCUT2D eigenvalue weighted by atomic mass is 10.1. The highest BCUT2D eigenvalue weighted by Crippen LogP contribution is 2.11. The van der Waals surface area contributed by atoms with Gasteiger partial charge in [0, 0.05) is 31.8 Å². The SMILES string of the molecule is CN(C)C(=O)c1ccc(NC(=O)CCC(=O)OCCCc2ccccc2)cc1. The molecule has 148 valence electrons. The van der Waals surface area contributed by atoms with Crippen molar-refractivity contribution in [2.75, 3.05) is 26.0 Å². The Kier molecular flexibility index (Phi) is 8.21. The van der Waals surface area contributed by atoms with Crippen LogP contribution in [0.3, 0.4) is 0 Å². The normalized spacial score (nSPS) is 10.2. The molecule has 2 amide bonds.